The van der Waals surface area contributed by atoms with Gasteiger partial charge in [0.1, 0.15) is 5.76 Å². The van der Waals surface area contributed by atoms with Crippen molar-refractivity contribution in [1.29, 1.82) is 0 Å². The fraction of sp³-hybridized carbons (Fsp3) is 0.643. The zero-order valence-corrected chi connectivity index (χ0v) is 11.3. The maximum atomic E-state index is 11.3. The van der Waals surface area contributed by atoms with Crippen molar-refractivity contribution < 1.29 is 19.1 Å². The van der Waals surface area contributed by atoms with Crippen LogP contribution in [0.3, 0.4) is 0 Å². The Morgan fingerprint density at radius 1 is 1.58 bits per heavy atom. The Balaban J connectivity index is 1.92. The average Bonchev–Trinajstić information content (AvgIpc) is 3.05. The maximum absolute atomic E-state index is 11.3. The number of nitrogens with zero attached hydrogens (tertiary/aromatic N) is 1. The summed E-state index contributed by atoms with van der Waals surface area (Å²) in [4.78, 5) is 13.7. The highest BCUT2D eigenvalue weighted by Crippen LogP contribution is 2.24. The molecule has 1 atom stereocenters. The van der Waals surface area contributed by atoms with E-state index in [1.54, 1.807) is 6.07 Å². The molecule has 0 radical (unpaired) electrons. The monoisotopic (exact) mass is 267 g/mol. The highest BCUT2D eigenvalue weighted by Gasteiger charge is 2.25. The zero-order chi connectivity index (χ0) is 13.7. The van der Waals surface area contributed by atoms with Gasteiger partial charge in [0.05, 0.1) is 13.7 Å². The van der Waals surface area contributed by atoms with Crippen molar-refractivity contribution in [2.24, 2.45) is 0 Å². The van der Waals surface area contributed by atoms with Crippen molar-refractivity contribution in [3.63, 3.8) is 0 Å². The predicted octanol–water partition coefficient (Wildman–Crippen LogP) is 1.80. The van der Waals surface area contributed by atoms with Gasteiger partial charge in [0.25, 0.3) is 0 Å². The molecule has 1 aliphatic heterocycles. The summed E-state index contributed by atoms with van der Waals surface area (Å²) >= 11 is 0. The van der Waals surface area contributed by atoms with E-state index in [-0.39, 0.29) is 12.4 Å². The van der Waals surface area contributed by atoms with Crippen LogP contribution in [-0.2, 0) is 11.3 Å². The third-order valence-electron chi connectivity index (χ3n) is 3.60. The Kier molecular flexibility index (Phi) is 4.99. The molecule has 5 nitrogen and oxygen atoms in total. The lowest BCUT2D eigenvalue weighted by Crippen LogP contribution is -2.28. The lowest BCUT2D eigenvalue weighted by molar-refractivity contribution is 0.0560. The molecule has 0 amide bonds. The summed E-state index contributed by atoms with van der Waals surface area (Å²) in [6, 6.07) is 3.99. The number of ether oxygens (including phenoxy) is 1. The molecule has 0 spiro atoms. The normalized spacial score (nSPS) is 19.8. The van der Waals surface area contributed by atoms with Gasteiger partial charge in [0, 0.05) is 12.6 Å². The summed E-state index contributed by atoms with van der Waals surface area (Å²) in [6.07, 6.45) is 4.21. The standard InChI is InChI=1S/C14H21NO4/c1-18-14(17)13-7-6-12(19-13)10-15-8-2-4-11(15)5-3-9-16/h6-7,11,16H,2-5,8-10H2,1H3. The van der Waals surface area contributed by atoms with Crippen LogP contribution in [0.15, 0.2) is 16.5 Å². The molecular formula is C14H21NO4. The van der Waals surface area contributed by atoms with Crippen LogP contribution in [0.2, 0.25) is 0 Å². The van der Waals surface area contributed by atoms with Crippen LogP contribution in [0.25, 0.3) is 0 Å². The van der Waals surface area contributed by atoms with E-state index < -0.39 is 5.97 Å². The van der Waals surface area contributed by atoms with Gasteiger partial charge in [0.15, 0.2) is 0 Å². The van der Waals surface area contributed by atoms with E-state index in [9.17, 15) is 4.79 Å². The Labute approximate surface area is 113 Å². The Morgan fingerprint density at radius 3 is 3.16 bits per heavy atom. The van der Waals surface area contributed by atoms with E-state index in [1.807, 2.05) is 6.07 Å². The molecule has 106 valence electrons. The minimum Gasteiger partial charge on any atom is -0.463 e. The molecule has 0 aromatic carbocycles. The topological polar surface area (TPSA) is 62.9 Å². The molecule has 0 bridgehead atoms. The van der Waals surface area contributed by atoms with Gasteiger partial charge in [-0.25, -0.2) is 4.79 Å². The van der Waals surface area contributed by atoms with Crippen molar-refractivity contribution in [3.05, 3.63) is 23.7 Å². The van der Waals surface area contributed by atoms with Gasteiger partial charge in [-0.05, 0) is 44.4 Å². The van der Waals surface area contributed by atoms with Crippen molar-refractivity contribution in [1.82, 2.24) is 4.90 Å². The molecule has 0 saturated carbocycles. The van der Waals surface area contributed by atoms with Gasteiger partial charge in [-0.3, -0.25) is 4.90 Å². The second kappa shape index (κ2) is 6.73. The van der Waals surface area contributed by atoms with E-state index in [1.165, 1.54) is 20.0 Å². The van der Waals surface area contributed by atoms with Crippen LogP contribution in [0.4, 0.5) is 0 Å². The number of carbonyl (C=O) groups is 1. The molecule has 1 fully saturated rings. The lowest BCUT2D eigenvalue weighted by atomic mass is 10.1. The number of aliphatic hydroxyl groups excluding tert-OH is 1. The maximum Gasteiger partial charge on any atom is 0.373 e. The molecule has 1 N–H and O–H groups in total. The van der Waals surface area contributed by atoms with Gasteiger partial charge in [0.2, 0.25) is 5.76 Å². The van der Waals surface area contributed by atoms with Crippen molar-refractivity contribution in [3.8, 4) is 0 Å². The fourth-order valence-electron chi connectivity index (χ4n) is 2.63. The second-order valence-corrected chi connectivity index (χ2v) is 4.89. The quantitative estimate of drug-likeness (QED) is 0.796. The summed E-state index contributed by atoms with van der Waals surface area (Å²) < 4.78 is 10.1. The van der Waals surface area contributed by atoms with Crippen LogP contribution in [-0.4, -0.2) is 42.3 Å². The summed E-state index contributed by atoms with van der Waals surface area (Å²) in [5.41, 5.74) is 0. The van der Waals surface area contributed by atoms with Crippen LogP contribution in [0.1, 0.15) is 42.0 Å². The van der Waals surface area contributed by atoms with E-state index in [2.05, 4.69) is 9.64 Å². The smallest absolute Gasteiger partial charge is 0.373 e. The van der Waals surface area contributed by atoms with Crippen molar-refractivity contribution >= 4 is 5.97 Å². The number of hydrogen-bond acceptors (Lipinski definition) is 5. The van der Waals surface area contributed by atoms with Crippen LogP contribution < -0.4 is 0 Å². The molecule has 1 saturated heterocycles. The van der Waals surface area contributed by atoms with Crippen molar-refractivity contribution in [2.45, 2.75) is 38.3 Å². The molecule has 5 heteroatoms. The number of likely N-dealkylation sites (tertiary alicyclic amines) is 1. The first-order valence-electron chi connectivity index (χ1n) is 6.76. The van der Waals surface area contributed by atoms with Gasteiger partial charge in [-0.2, -0.15) is 0 Å². The molecule has 1 aromatic rings. The van der Waals surface area contributed by atoms with Crippen LogP contribution >= 0.6 is 0 Å². The molecule has 2 heterocycles. The largest absolute Gasteiger partial charge is 0.463 e. The summed E-state index contributed by atoms with van der Waals surface area (Å²) in [7, 11) is 1.34. The second-order valence-electron chi connectivity index (χ2n) is 4.89. The van der Waals surface area contributed by atoms with Crippen molar-refractivity contribution in [2.75, 3.05) is 20.3 Å². The predicted molar refractivity (Wildman–Crippen MR) is 69.8 cm³/mol. The molecule has 2 rings (SSSR count). The molecule has 1 unspecified atom stereocenters. The first-order chi connectivity index (χ1) is 9.24. The first-order valence-corrected chi connectivity index (χ1v) is 6.76. The summed E-state index contributed by atoms with van der Waals surface area (Å²) in [6.45, 7) is 2.01. The average molecular weight is 267 g/mol. The molecule has 1 aliphatic rings. The number of hydrogen-bond donors (Lipinski definition) is 1. The highest BCUT2D eigenvalue weighted by atomic mass is 16.5. The summed E-state index contributed by atoms with van der Waals surface area (Å²) in [5, 5.41) is 8.91. The van der Waals surface area contributed by atoms with Gasteiger partial charge < -0.3 is 14.3 Å². The molecule has 1 aromatic heterocycles. The van der Waals surface area contributed by atoms with Gasteiger partial charge >= 0.3 is 5.97 Å². The van der Waals surface area contributed by atoms with Gasteiger partial charge in [-0.15, -0.1) is 0 Å². The first kappa shape index (κ1) is 14.1. The lowest BCUT2D eigenvalue weighted by Gasteiger charge is -2.23. The number of rotatable bonds is 6. The minimum absolute atomic E-state index is 0.248. The number of esters is 1. The fourth-order valence-corrected chi connectivity index (χ4v) is 2.63. The van der Waals surface area contributed by atoms with E-state index in [4.69, 9.17) is 9.52 Å². The number of methoxy groups -OCH3 is 1. The third-order valence-corrected chi connectivity index (χ3v) is 3.60. The summed E-state index contributed by atoms with van der Waals surface area (Å²) in [5.74, 6) is 0.601. The molecule has 19 heavy (non-hydrogen) atoms. The molecule has 0 aliphatic carbocycles. The Morgan fingerprint density at radius 2 is 2.42 bits per heavy atom. The Bertz CT molecular complexity index is 415. The van der Waals surface area contributed by atoms with E-state index >= 15 is 0 Å². The zero-order valence-electron chi connectivity index (χ0n) is 11.3. The van der Waals surface area contributed by atoms with E-state index in [0.29, 0.717) is 12.6 Å². The third kappa shape index (κ3) is 3.58. The highest BCUT2D eigenvalue weighted by molar-refractivity contribution is 5.86. The van der Waals surface area contributed by atoms with Crippen LogP contribution in [0.5, 0.6) is 0 Å². The number of furan rings is 1. The Hall–Kier alpha value is -1.33. The molecular weight excluding hydrogens is 246 g/mol. The minimum atomic E-state index is -0.440. The van der Waals surface area contributed by atoms with E-state index in [0.717, 1.165) is 25.1 Å². The van der Waals surface area contributed by atoms with Gasteiger partial charge in [-0.1, -0.05) is 0 Å². The number of aliphatic hydroxyl groups is 1. The van der Waals surface area contributed by atoms with Crippen LogP contribution in [0, 0.1) is 0 Å². The SMILES string of the molecule is COC(=O)c1ccc(CN2CCCC2CCCO)o1. The number of carbonyl (C=O) groups excluding carboxylic acids is 1.